The summed E-state index contributed by atoms with van der Waals surface area (Å²) in [7, 11) is 1.70. The summed E-state index contributed by atoms with van der Waals surface area (Å²) in [5, 5.41) is 6.93. The fourth-order valence-corrected chi connectivity index (χ4v) is 3.46. The Kier molecular flexibility index (Phi) is 4.80. The minimum absolute atomic E-state index is 0.167. The molecule has 0 saturated carbocycles. The Bertz CT molecular complexity index is 1060. The first-order valence-corrected chi connectivity index (χ1v) is 9.42. The zero-order valence-electron chi connectivity index (χ0n) is 16.3. The smallest absolute Gasteiger partial charge is 0.270 e. The van der Waals surface area contributed by atoms with Gasteiger partial charge in [-0.1, -0.05) is 36.4 Å². The monoisotopic (exact) mass is 390 g/mol. The molecule has 2 atom stereocenters. The van der Waals surface area contributed by atoms with Crippen LogP contribution < -0.4 is 10.7 Å². The van der Waals surface area contributed by atoms with Gasteiger partial charge in [0, 0.05) is 18.9 Å². The second-order valence-electron chi connectivity index (χ2n) is 7.13. The van der Waals surface area contributed by atoms with Crippen molar-refractivity contribution in [1.82, 2.24) is 4.90 Å². The molecule has 0 saturated heterocycles. The Labute approximate surface area is 168 Å². The summed E-state index contributed by atoms with van der Waals surface area (Å²) in [6.45, 7) is 1.89. The summed E-state index contributed by atoms with van der Waals surface area (Å²) in [6, 6.07) is 17.9. The highest BCUT2D eigenvalue weighted by atomic mass is 16.3. The van der Waals surface area contributed by atoms with Crippen LogP contribution >= 0.6 is 0 Å². The summed E-state index contributed by atoms with van der Waals surface area (Å²) >= 11 is 0. The summed E-state index contributed by atoms with van der Waals surface area (Å²) < 4.78 is 5.90. The van der Waals surface area contributed by atoms with Crippen molar-refractivity contribution >= 4 is 34.2 Å². The van der Waals surface area contributed by atoms with Crippen LogP contribution in [0.1, 0.15) is 25.1 Å². The van der Waals surface area contributed by atoms with E-state index in [-0.39, 0.29) is 18.4 Å². The van der Waals surface area contributed by atoms with Gasteiger partial charge in [-0.25, -0.2) is 0 Å². The van der Waals surface area contributed by atoms with Gasteiger partial charge in [-0.05, 0) is 31.2 Å². The highest BCUT2D eigenvalue weighted by Gasteiger charge is 2.37. The summed E-state index contributed by atoms with van der Waals surface area (Å²) in [6.07, 6.45) is 0.167. The first kappa shape index (κ1) is 18.7. The van der Waals surface area contributed by atoms with Crippen molar-refractivity contribution in [2.45, 2.75) is 25.4 Å². The van der Waals surface area contributed by atoms with Crippen molar-refractivity contribution in [3.05, 3.63) is 66.4 Å². The van der Waals surface area contributed by atoms with Crippen LogP contribution in [0, 0.1) is 0 Å². The van der Waals surface area contributed by atoms with E-state index < -0.39 is 11.9 Å². The van der Waals surface area contributed by atoms with E-state index in [4.69, 9.17) is 10.2 Å². The number of nitrogens with zero attached hydrogens (tertiary/aromatic N) is 3. The molecule has 2 N–H and O–H groups in total. The maximum atomic E-state index is 13.1. The van der Waals surface area contributed by atoms with Gasteiger partial charge < -0.3 is 15.1 Å². The fraction of sp³-hybridized carbons (Fsp3) is 0.227. The Hall–Kier alpha value is -3.61. The van der Waals surface area contributed by atoms with E-state index in [1.165, 1.54) is 5.01 Å². The molecule has 1 aliphatic heterocycles. The van der Waals surface area contributed by atoms with Crippen molar-refractivity contribution in [3.8, 4) is 0 Å². The SMILES string of the molecule is CC(c1cc2ccccc2o1)N(C)C(=O)C1=NN(c2ccccc2)C(C(N)=O)C1. The third kappa shape index (κ3) is 3.47. The molecule has 3 aromatic rings. The number of primary amides is 1. The van der Waals surface area contributed by atoms with Crippen LogP contribution in [0.3, 0.4) is 0 Å². The van der Waals surface area contributed by atoms with Crippen LogP contribution in [0.4, 0.5) is 5.69 Å². The van der Waals surface area contributed by atoms with E-state index in [2.05, 4.69) is 5.10 Å². The van der Waals surface area contributed by atoms with Gasteiger partial charge in [0.15, 0.2) is 0 Å². The molecule has 0 radical (unpaired) electrons. The minimum Gasteiger partial charge on any atom is -0.459 e. The highest BCUT2D eigenvalue weighted by molar-refractivity contribution is 6.40. The summed E-state index contributed by atoms with van der Waals surface area (Å²) in [5.41, 5.74) is 7.35. The lowest BCUT2D eigenvalue weighted by Crippen LogP contribution is -2.40. The number of rotatable bonds is 5. The predicted octanol–water partition coefficient (Wildman–Crippen LogP) is 3.07. The number of nitrogens with two attached hydrogens (primary N) is 1. The number of fused-ring (bicyclic) bond motifs is 1. The molecular formula is C22H22N4O3. The Morgan fingerprint density at radius 3 is 2.55 bits per heavy atom. The largest absolute Gasteiger partial charge is 0.459 e. The fourth-order valence-electron chi connectivity index (χ4n) is 3.46. The van der Waals surface area contributed by atoms with E-state index in [1.807, 2.05) is 67.6 Å². The molecule has 1 aliphatic rings. The molecule has 0 aliphatic carbocycles. The first-order valence-electron chi connectivity index (χ1n) is 9.42. The molecule has 4 rings (SSSR count). The molecule has 29 heavy (non-hydrogen) atoms. The quantitative estimate of drug-likeness (QED) is 0.725. The van der Waals surface area contributed by atoms with Crippen molar-refractivity contribution < 1.29 is 14.0 Å². The van der Waals surface area contributed by atoms with E-state index >= 15 is 0 Å². The number of para-hydroxylation sites is 2. The lowest BCUT2D eigenvalue weighted by Gasteiger charge is -2.23. The molecule has 1 aromatic heterocycles. The van der Waals surface area contributed by atoms with Crippen LogP contribution in [0.15, 0.2) is 70.2 Å². The molecule has 0 bridgehead atoms. The van der Waals surface area contributed by atoms with Gasteiger partial charge >= 0.3 is 0 Å². The molecule has 2 heterocycles. The van der Waals surface area contributed by atoms with Gasteiger partial charge in [0.2, 0.25) is 5.91 Å². The first-order chi connectivity index (χ1) is 14.0. The molecule has 0 spiro atoms. The molecular weight excluding hydrogens is 368 g/mol. The number of carbonyl (C=O) groups excluding carboxylic acids is 2. The van der Waals surface area contributed by atoms with Gasteiger partial charge in [0.1, 0.15) is 23.1 Å². The molecule has 2 unspecified atom stereocenters. The molecule has 148 valence electrons. The Balaban J connectivity index is 1.58. The van der Waals surface area contributed by atoms with Crippen molar-refractivity contribution in [3.63, 3.8) is 0 Å². The van der Waals surface area contributed by atoms with Crippen LogP contribution in [-0.2, 0) is 9.59 Å². The number of furan rings is 1. The number of hydrogen-bond donors (Lipinski definition) is 1. The summed E-state index contributed by atoms with van der Waals surface area (Å²) in [4.78, 5) is 26.6. The van der Waals surface area contributed by atoms with E-state index in [9.17, 15) is 9.59 Å². The highest BCUT2D eigenvalue weighted by Crippen LogP contribution is 2.29. The third-order valence-corrected chi connectivity index (χ3v) is 5.26. The summed E-state index contributed by atoms with van der Waals surface area (Å²) in [5.74, 6) is -0.0944. The van der Waals surface area contributed by atoms with E-state index in [0.29, 0.717) is 17.2 Å². The minimum atomic E-state index is -0.689. The van der Waals surface area contributed by atoms with Crippen molar-refractivity contribution in [2.24, 2.45) is 10.8 Å². The van der Waals surface area contributed by atoms with E-state index in [1.54, 1.807) is 11.9 Å². The van der Waals surface area contributed by atoms with Crippen LogP contribution in [-0.4, -0.2) is 35.5 Å². The average Bonchev–Trinajstić information content (AvgIpc) is 3.37. The maximum Gasteiger partial charge on any atom is 0.270 e. The van der Waals surface area contributed by atoms with Crippen molar-refractivity contribution in [2.75, 3.05) is 12.1 Å². The Morgan fingerprint density at radius 2 is 1.86 bits per heavy atom. The van der Waals surface area contributed by atoms with Crippen LogP contribution in [0.5, 0.6) is 0 Å². The number of anilines is 1. The van der Waals surface area contributed by atoms with Crippen LogP contribution in [0.25, 0.3) is 11.0 Å². The average molecular weight is 390 g/mol. The Morgan fingerprint density at radius 1 is 1.17 bits per heavy atom. The topological polar surface area (TPSA) is 92.1 Å². The van der Waals surface area contributed by atoms with Crippen molar-refractivity contribution in [1.29, 1.82) is 0 Å². The standard InChI is InChI=1S/C22H22N4O3/c1-14(20-12-15-8-6-7-11-19(15)29-20)25(2)22(28)17-13-18(21(23)27)26(24-17)16-9-4-3-5-10-16/h3-12,14,18H,13H2,1-2H3,(H2,23,27). The number of amides is 2. The van der Waals surface area contributed by atoms with Gasteiger partial charge in [-0.15, -0.1) is 0 Å². The molecule has 7 nitrogen and oxygen atoms in total. The zero-order chi connectivity index (χ0) is 20.5. The number of hydrazone groups is 1. The lowest BCUT2D eigenvalue weighted by atomic mass is 10.1. The van der Waals surface area contributed by atoms with Gasteiger partial charge in [0.05, 0.1) is 11.7 Å². The van der Waals surface area contributed by atoms with Gasteiger partial charge in [-0.3, -0.25) is 14.6 Å². The second kappa shape index (κ2) is 7.43. The number of benzene rings is 2. The van der Waals surface area contributed by atoms with Gasteiger partial charge in [0.25, 0.3) is 5.91 Å². The van der Waals surface area contributed by atoms with E-state index in [0.717, 1.165) is 11.0 Å². The third-order valence-electron chi connectivity index (χ3n) is 5.26. The number of carbonyl (C=O) groups is 2. The molecule has 7 heteroatoms. The van der Waals surface area contributed by atoms with Crippen LogP contribution in [0.2, 0.25) is 0 Å². The number of hydrogen-bond acceptors (Lipinski definition) is 5. The molecule has 2 amide bonds. The zero-order valence-corrected chi connectivity index (χ0v) is 16.3. The molecule has 0 fully saturated rings. The predicted molar refractivity (Wildman–Crippen MR) is 111 cm³/mol. The normalized spacial score (nSPS) is 17.2. The molecule has 2 aromatic carbocycles. The second-order valence-corrected chi connectivity index (χ2v) is 7.13. The lowest BCUT2D eigenvalue weighted by molar-refractivity contribution is -0.125. The maximum absolute atomic E-state index is 13.1. The van der Waals surface area contributed by atoms with Gasteiger partial charge in [-0.2, -0.15) is 5.10 Å².